The van der Waals surface area contributed by atoms with Gasteiger partial charge in [0, 0.05) is 55.7 Å². The van der Waals surface area contributed by atoms with Crippen molar-refractivity contribution >= 4 is 28.4 Å². The van der Waals surface area contributed by atoms with Crippen molar-refractivity contribution < 1.29 is 0 Å². The van der Waals surface area contributed by atoms with Crippen molar-refractivity contribution in [2.24, 2.45) is 0 Å². The molecule has 1 aliphatic heterocycles. The highest BCUT2D eigenvalue weighted by molar-refractivity contribution is 5.83. The van der Waals surface area contributed by atoms with Gasteiger partial charge in [-0.05, 0) is 56.8 Å². The predicted octanol–water partition coefficient (Wildman–Crippen LogP) is 3.40. The van der Waals surface area contributed by atoms with E-state index in [0.29, 0.717) is 29.4 Å². The third kappa shape index (κ3) is 4.14. The van der Waals surface area contributed by atoms with E-state index in [2.05, 4.69) is 61.5 Å². The molecule has 1 fully saturated rings. The Morgan fingerprint density at radius 2 is 1.76 bits per heavy atom. The Balaban J connectivity index is 1.42. The summed E-state index contributed by atoms with van der Waals surface area (Å²) in [6, 6.07) is 12.0. The summed E-state index contributed by atoms with van der Waals surface area (Å²) in [7, 11) is 0. The van der Waals surface area contributed by atoms with Crippen molar-refractivity contribution in [3.05, 3.63) is 58.6 Å². The number of anilines is 3. The molecule has 0 aliphatic carbocycles. The Morgan fingerprint density at radius 1 is 1.00 bits per heavy atom. The minimum atomic E-state index is -0.101. The number of hydrogen-bond acceptors (Lipinski definition) is 7. The molecule has 9 nitrogen and oxygen atoms in total. The summed E-state index contributed by atoms with van der Waals surface area (Å²) in [6.07, 6.45) is 1.64. The van der Waals surface area contributed by atoms with Crippen molar-refractivity contribution in [2.45, 2.75) is 27.3 Å². The zero-order valence-electron chi connectivity index (χ0n) is 19.9. The topological polar surface area (TPSA) is 95.0 Å². The lowest BCUT2D eigenvalue weighted by atomic mass is 10.1. The number of fused-ring (bicyclic) bond motifs is 1. The highest BCUT2D eigenvalue weighted by Gasteiger charge is 2.17. The van der Waals surface area contributed by atoms with Crippen LogP contribution in [0.3, 0.4) is 0 Å². The standard InChI is InChI=1S/C25H30N8O/c1-4-31-12-14-32(15-13-31)19-8-6-18(7-9-19)28-25-27-17(3)20-16-21(22-10-11-26-30-22)24(34)33(5-2)23(20)29-25/h6-11,16H,4-5,12-15H2,1-3H3,(H,26,30)(H,27,28,29). The molecule has 3 aromatic heterocycles. The number of nitrogens with one attached hydrogen (secondary N) is 2. The van der Waals surface area contributed by atoms with E-state index in [1.165, 1.54) is 5.69 Å². The molecule has 0 spiro atoms. The Bertz CT molecular complexity index is 1340. The van der Waals surface area contributed by atoms with E-state index in [4.69, 9.17) is 4.98 Å². The summed E-state index contributed by atoms with van der Waals surface area (Å²) < 4.78 is 1.68. The van der Waals surface area contributed by atoms with Crippen LogP contribution in [-0.4, -0.2) is 62.4 Å². The SMILES string of the molecule is CCN1CCN(c2ccc(Nc3nc(C)c4cc(-c5ccn[nH]5)c(=O)n(CC)c4n3)cc2)CC1. The second-order valence-electron chi connectivity index (χ2n) is 8.54. The number of H-pyrrole nitrogens is 1. The number of pyridine rings is 1. The van der Waals surface area contributed by atoms with Crippen LogP contribution in [0.5, 0.6) is 0 Å². The minimum absolute atomic E-state index is 0.101. The Hall–Kier alpha value is -3.72. The van der Waals surface area contributed by atoms with E-state index in [-0.39, 0.29) is 5.56 Å². The molecule has 4 heterocycles. The maximum Gasteiger partial charge on any atom is 0.261 e. The minimum Gasteiger partial charge on any atom is -0.369 e. The van der Waals surface area contributed by atoms with Crippen LogP contribution in [0, 0.1) is 6.92 Å². The highest BCUT2D eigenvalue weighted by Crippen LogP contribution is 2.25. The number of rotatable bonds is 6. The monoisotopic (exact) mass is 458 g/mol. The summed E-state index contributed by atoms with van der Waals surface area (Å²) in [4.78, 5) is 27.4. The van der Waals surface area contributed by atoms with Crippen LogP contribution in [0.4, 0.5) is 17.3 Å². The lowest BCUT2D eigenvalue weighted by Gasteiger charge is -2.35. The van der Waals surface area contributed by atoms with Gasteiger partial charge >= 0.3 is 0 Å². The van der Waals surface area contributed by atoms with Crippen molar-refractivity contribution in [3.63, 3.8) is 0 Å². The molecular weight excluding hydrogens is 428 g/mol. The zero-order chi connectivity index (χ0) is 23.7. The van der Waals surface area contributed by atoms with E-state index in [9.17, 15) is 4.79 Å². The molecule has 9 heteroatoms. The summed E-state index contributed by atoms with van der Waals surface area (Å²) in [5, 5.41) is 11.0. The average molecular weight is 459 g/mol. The summed E-state index contributed by atoms with van der Waals surface area (Å²) in [5.74, 6) is 0.477. The van der Waals surface area contributed by atoms with Gasteiger partial charge in [-0.25, -0.2) is 4.98 Å². The van der Waals surface area contributed by atoms with E-state index < -0.39 is 0 Å². The first-order valence-electron chi connectivity index (χ1n) is 11.8. The van der Waals surface area contributed by atoms with Gasteiger partial charge in [-0.3, -0.25) is 14.5 Å². The molecule has 1 aromatic carbocycles. The molecule has 4 aromatic rings. The maximum atomic E-state index is 13.1. The van der Waals surface area contributed by atoms with Gasteiger partial charge < -0.3 is 15.1 Å². The van der Waals surface area contributed by atoms with Crippen molar-refractivity contribution in [2.75, 3.05) is 42.9 Å². The molecule has 5 rings (SSSR count). The molecule has 176 valence electrons. The van der Waals surface area contributed by atoms with Crippen LogP contribution in [0.2, 0.25) is 0 Å². The molecule has 0 bridgehead atoms. The summed E-state index contributed by atoms with van der Waals surface area (Å²) >= 11 is 0. The number of aromatic amines is 1. The number of hydrogen-bond donors (Lipinski definition) is 2. The van der Waals surface area contributed by atoms with Crippen LogP contribution >= 0.6 is 0 Å². The average Bonchev–Trinajstić information content (AvgIpc) is 3.39. The summed E-state index contributed by atoms with van der Waals surface area (Å²) in [6.45, 7) is 12.0. The number of piperazine rings is 1. The second-order valence-corrected chi connectivity index (χ2v) is 8.54. The van der Waals surface area contributed by atoms with E-state index in [1.54, 1.807) is 16.8 Å². The lowest BCUT2D eigenvalue weighted by Crippen LogP contribution is -2.46. The molecule has 0 saturated carbocycles. The fourth-order valence-electron chi connectivity index (χ4n) is 4.54. The predicted molar refractivity (Wildman–Crippen MR) is 136 cm³/mol. The first kappa shape index (κ1) is 22.1. The fraction of sp³-hybridized carbons (Fsp3) is 0.360. The number of aromatic nitrogens is 5. The highest BCUT2D eigenvalue weighted by atomic mass is 16.1. The van der Waals surface area contributed by atoms with Gasteiger partial charge in [0.15, 0.2) is 0 Å². The van der Waals surface area contributed by atoms with E-state index in [0.717, 1.165) is 49.5 Å². The van der Waals surface area contributed by atoms with Crippen LogP contribution in [-0.2, 0) is 6.54 Å². The molecule has 34 heavy (non-hydrogen) atoms. The Labute approximate surface area is 198 Å². The molecule has 1 aliphatic rings. The van der Waals surface area contributed by atoms with Crippen LogP contribution in [0.1, 0.15) is 19.5 Å². The van der Waals surface area contributed by atoms with Gasteiger partial charge in [0.1, 0.15) is 5.65 Å². The largest absolute Gasteiger partial charge is 0.369 e. The quantitative estimate of drug-likeness (QED) is 0.457. The lowest BCUT2D eigenvalue weighted by molar-refractivity contribution is 0.271. The van der Waals surface area contributed by atoms with Gasteiger partial charge in [-0.1, -0.05) is 6.92 Å². The first-order chi connectivity index (χ1) is 16.6. The van der Waals surface area contributed by atoms with Gasteiger partial charge in [-0.2, -0.15) is 10.1 Å². The van der Waals surface area contributed by atoms with E-state index >= 15 is 0 Å². The van der Waals surface area contributed by atoms with Crippen molar-refractivity contribution in [3.8, 4) is 11.3 Å². The first-order valence-corrected chi connectivity index (χ1v) is 11.8. The van der Waals surface area contributed by atoms with Gasteiger partial charge in [0.25, 0.3) is 5.56 Å². The molecule has 0 radical (unpaired) electrons. The third-order valence-corrected chi connectivity index (χ3v) is 6.55. The smallest absolute Gasteiger partial charge is 0.261 e. The summed E-state index contributed by atoms with van der Waals surface area (Å²) in [5.41, 5.74) is 4.71. The number of likely N-dealkylation sites (N-methyl/N-ethyl adjacent to an activating group) is 1. The third-order valence-electron chi connectivity index (χ3n) is 6.55. The number of aryl methyl sites for hydroxylation is 2. The maximum absolute atomic E-state index is 13.1. The molecular formula is C25H30N8O. The Morgan fingerprint density at radius 3 is 2.41 bits per heavy atom. The van der Waals surface area contributed by atoms with Crippen LogP contribution in [0.15, 0.2) is 47.4 Å². The van der Waals surface area contributed by atoms with Crippen LogP contribution < -0.4 is 15.8 Å². The normalized spacial score (nSPS) is 14.6. The van der Waals surface area contributed by atoms with E-state index in [1.807, 2.05) is 19.9 Å². The van der Waals surface area contributed by atoms with Crippen molar-refractivity contribution in [1.29, 1.82) is 0 Å². The number of nitrogens with zero attached hydrogens (tertiary/aromatic N) is 6. The molecule has 0 atom stereocenters. The van der Waals surface area contributed by atoms with Crippen molar-refractivity contribution in [1.82, 2.24) is 29.6 Å². The molecule has 0 amide bonds. The molecule has 0 unspecified atom stereocenters. The number of benzene rings is 1. The molecule has 1 saturated heterocycles. The zero-order valence-corrected chi connectivity index (χ0v) is 19.9. The molecule has 2 N–H and O–H groups in total. The van der Waals surface area contributed by atoms with Gasteiger partial charge in [0.2, 0.25) is 5.95 Å². The second kappa shape index (κ2) is 9.26. The van der Waals surface area contributed by atoms with Gasteiger partial charge in [-0.15, -0.1) is 0 Å². The fourth-order valence-corrected chi connectivity index (χ4v) is 4.54. The van der Waals surface area contributed by atoms with Crippen LogP contribution in [0.25, 0.3) is 22.3 Å². The van der Waals surface area contributed by atoms with Gasteiger partial charge in [0.05, 0.1) is 17.0 Å². The Kier molecular flexibility index (Phi) is 6.02.